The Morgan fingerprint density at radius 3 is 2.12 bits per heavy atom. The summed E-state index contributed by atoms with van der Waals surface area (Å²) in [6, 6.07) is 7.60. The molecule has 2 aliphatic rings. The molecule has 3 rings (SSSR count). The normalized spacial score (nSPS) is 19.9. The van der Waals surface area contributed by atoms with E-state index in [4.69, 9.17) is 5.73 Å². The number of amides is 2. The van der Waals surface area contributed by atoms with Crippen LogP contribution in [0.5, 0.6) is 0 Å². The van der Waals surface area contributed by atoms with Crippen LogP contribution in [0.4, 0.5) is 0 Å². The van der Waals surface area contributed by atoms with Crippen LogP contribution < -0.4 is 5.73 Å². The highest BCUT2D eigenvalue weighted by Gasteiger charge is 2.24. The molecule has 0 unspecified atom stereocenters. The molecular formula is C21H31N3O2. The van der Waals surface area contributed by atoms with Gasteiger partial charge in [0.15, 0.2) is 0 Å². The number of hydrogen-bond donors (Lipinski definition) is 1. The van der Waals surface area contributed by atoms with Gasteiger partial charge >= 0.3 is 0 Å². The zero-order chi connectivity index (χ0) is 18.4. The Kier molecular flexibility index (Phi) is 6.67. The Balaban J connectivity index is 1.43. The maximum absolute atomic E-state index is 12.6. The van der Waals surface area contributed by atoms with Gasteiger partial charge < -0.3 is 10.6 Å². The van der Waals surface area contributed by atoms with Crippen LogP contribution in [-0.2, 0) is 11.2 Å². The smallest absolute Gasteiger partial charge is 0.248 e. The van der Waals surface area contributed by atoms with Crippen LogP contribution in [0.3, 0.4) is 0 Å². The van der Waals surface area contributed by atoms with Crippen LogP contribution in [0.25, 0.3) is 0 Å². The van der Waals surface area contributed by atoms with E-state index in [0.717, 1.165) is 45.4 Å². The first-order valence-corrected chi connectivity index (χ1v) is 10.0. The lowest BCUT2D eigenvalue weighted by atomic mass is 9.90. The summed E-state index contributed by atoms with van der Waals surface area (Å²) < 4.78 is 0. The Bertz CT molecular complexity index is 598. The molecule has 0 bridgehead atoms. The molecule has 2 saturated heterocycles. The van der Waals surface area contributed by atoms with Crippen molar-refractivity contribution in [2.75, 3.05) is 32.7 Å². The molecule has 142 valence electrons. The summed E-state index contributed by atoms with van der Waals surface area (Å²) in [6.45, 7) is 4.49. The van der Waals surface area contributed by atoms with E-state index in [9.17, 15) is 9.59 Å². The summed E-state index contributed by atoms with van der Waals surface area (Å²) in [7, 11) is 0. The van der Waals surface area contributed by atoms with Crippen molar-refractivity contribution in [2.45, 2.75) is 44.9 Å². The summed E-state index contributed by atoms with van der Waals surface area (Å²) in [6.07, 6.45) is 8.18. The molecule has 0 atom stereocenters. The van der Waals surface area contributed by atoms with Gasteiger partial charge in [0, 0.05) is 18.7 Å². The minimum atomic E-state index is -0.382. The molecule has 26 heavy (non-hydrogen) atoms. The average Bonchev–Trinajstić information content (AvgIpc) is 2.91. The Morgan fingerprint density at radius 1 is 0.923 bits per heavy atom. The Labute approximate surface area is 156 Å². The predicted molar refractivity (Wildman–Crippen MR) is 103 cm³/mol. The van der Waals surface area contributed by atoms with Crippen molar-refractivity contribution in [3.63, 3.8) is 0 Å². The largest absolute Gasteiger partial charge is 0.366 e. The fraction of sp³-hybridized carbons (Fsp3) is 0.619. The topological polar surface area (TPSA) is 66.6 Å². The van der Waals surface area contributed by atoms with Crippen molar-refractivity contribution in [3.8, 4) is 0 Å². The van der Waals surface area contributed by atoms with Crippen molar-refractivity contribution >= 4 is 11.8 Å². The van der Waals surface area contributed by atoms with E-state index in [1.165, 1.54) is 31.2 Å². The number of carbonyl (C=O) groups excluding carboxylic acids is 2. The van der Waals surface area contributed by atoms with Gasteiger partial charge in [0.25, 0.3) is 0 Å². The summed E-state index contributed by atoms with van der Waals surface area (Å²) in [4.78, 5) is 28.1. The fourth-order valence-electron chi connectivity index (χ4n) is 4.11. The molecule has 5 nitrogen and oxygen atoms in total. The van der Waals surface area contributed by atoms with Gasteiger partial charge in [0.05, 0.1) is 6.54 Å². The molecule has 0 aromatic heterocycles. The molecule has 2 aliphatic heterocycles. The second kappa shape index (κ2) is 9.17. The standard InChI is InChI=1S/C21H31N3O2/c22-21(26)19-7-5-17(6-8-19)15-18-9-13-24(14-10-18)20(25)16-23-11-3-1-2-4-12-23/h5-8,18H,1-4,9-16H2,(H2,22,26). The highest BCUT2D eigenvalue weighted by Crippen LogP contribution is 2.22. The highest BCUT2D eigenvalue weighted by molar-refractivity contribution is 5.92. The molecule has 5 heteroatoms. The van der Waals surface area contributed by atoms with Crippen molar-refractivity contribution in [3.05, 3.63) is 35.4 Å². The lowest BCUT2D eigenvalue weighted by molar-refractivity contribution is -0.133. The SMILES string of the molecule is NC(=O)c1ccc(CC2CCN(C(=O)CN3CCCCCC3)CC2)cc1. The molecule has 2 fully saturated rings. The van der Waals surface area contributed by atoms with E-state index >= 15 is 0 Å². The van der Waals surface area contributed by atoms with Crippen molar-refractivity contribution in [1.29, 1.82) is 0 Å². The van der Waals surface area contributed by atoms with E-state index < -0.39 is 0 Å². The summed E-state index contributed by atoms with van der Waals surface area (Å²) in [5.41, 5.74) is 7.09. The summed E-state index contributed by atoms with van der Waals surface area (Å²) in [5.74, 6) is 0.528. The van der Waals surface area contributed by atoms with E-state index in [1.807, 2.05) is 12.1 Å². The number of primary amides is 1. The van der Waals surface area contributed by atoms with Gasteiger partial charge in [0.2, 0.25) is 11.8 Å². The van der Waals surface area contributed by atoms with Gasteiger partial charge in [-0.15, -0.1) is 0 Å². The van der Waals surface area contributed by atoms with Gasteiger partial charge in [-0.05, 0) is 68.8 Å². The lowest BCUT2D eigenvalue weighted by Gasteiger charge is -2.33. The van der Waals surface area contributed by atoms with Gasteiger partial charge in [-0.1, -0.05) is 25.0 Å². The van der Waals surface area contributed by atoms with E-state index in [0.29, 0.717) is 23.9 Å². The highest BCUT2D eigenvalue weighted by atomic mass is 16.2. The molecule has 1 aromatic carbocycles. The van der Waals surface area contributed by atoms with Gasteiger partial charge in [-0.2, -0.15) is 0 Å². The van der Waals surface area contributed by atoms with Gasteiger partial charge in [-0.25, -0.2) is 0 Å². The van der Waals surface area contributed by atoms with Crippen LogP contribution in [0.15, 0.2) is 24.3 Å². The summed E-state index contributed by atoms with van der Waals surface area (Å²) in [5, 5.41) is 0. The molecule has 0 saturated carbocycles. The number of hydrogen-bond acceptors (Lipinski definition) is 3. The monoisotopic (exact) mass is 357 g/mol. The van der Waals surface area contributed by atoms with Crippen LogP contribution in [0.1, 0.15) is 54.4 Å². The summed E-state index contributed by atoms with van der Waals surface area (Å²) >= 11 is 0. The van der Waals surface area contributed by atoms with Crippen molar-refractivity contribution in [1.82, 2.24) is 9.80 Å². The molecule has 0 spiro atoms. The molecule has 0 radical (unpaired) electrons. The van der Waals surface area contributed by atoms with Crippen LogP contribution in [0.2, 0.25) is 0 Å². The number of benzene rings is 1. The van der Waals surface area contributed by atoms with Crippen LogP contribution in [0, 0.1) is 5.92 Å². The van der Waals surface area contributed by atoms with E-state index in [2.05, 4.69) is 9.80 Å². The number of carbonyl (C=O) groups is 2. The molecule has 1 aromatic rings. The number of likely N-dealkylation sites (tertiary alicyclic amines) is 2. The second-order valence-corrected chi connectivity index (χ2v) is 7.78. The van der Waals surface area contributed by atoms with E-state index in [1.54, 1.807) is 12.1 Å². The number of nitrogens with zero attached hydrogens (tertiary/aromatic N) is 2. The molecular weight excluding hydrogens is 326 g/mol. The first-order valence-electron chi connectivity index (χ1n) is 10.0. The van der Waals surface area contributed by atoms with Crippen LogP contribution >= 0.6 is 0 Å². The van der Waals surface area contributed by atoms with E-state index in [-0.39, 0.29) is 5.91 Å². The molecule has 0 aliphatic carbocycles. The maximum atomic E-state index is 12.6. The predicted octanol–water partition coefficient (Wildman–Crippen LogP) is 2.44. The molecule has 2 amide bonds. The molecule has 2 heterocycles. The number of nitrogens with two attached hydrogens (primary N) is 1. The quantitative estimate of drug-likeness (QED) is 0.880. The first kappa shape index (κ1) is 18.9. The Hall–Kier alpha value is -1.88. The second-order valence-electron chi connectivity index (χ2n) is 7.78. The number of piperidine rings is 1. The molecule has 2 N–H and O–H groups in total. The zero-order valence-corrected chi connectivity index (χ0v) is 15.7. The van der Waals surface area contributed by atoms with Gasteiger partial charge in [-0.3, -0.25) is 14.5 Å². The Morgan fingerprint density at radius 2 is 1.54 bits per heavy atom. The minimum absolute atomic E-state index is 0.302. The fourth-order valence-corrected chi connectivity index (χ4v) is 4.11. The zero-order valence-electron chi connectivity index (χ0n) is 15.7. The average molecular weight is 357 g/mol. The van der Waals surface area contributed by atoms with Gasteiger partial charge in [0.1, 0.15) is 0 Å². The third kappa shape index (κ3) is 5.31. The maximum Gasteiger partial charge on any atom is 0.248 e. The van der Waals surface area contributed by atoms with Crippen molar-refractivity contribution in [2.24, 2.45) is 11.7 Å². The first-order chi connectivity index (χ1) is 12.6. The third-order valence-electron chi connectivity index (χ3n) is 5.79. The van der Waals surface area contributed by atoms with Crippen LogP contribution in [-0.4, -0.2) is 54.3 Å². The number of rotatable bonds is 5. The lowest BCUT2D eigenvalue weighted by Crippen LogP contribution is -2.44. The third-order valence-corrected chi connectivity index (χ3v) is 5.79. The van der Waals surface area contributed by atoms with Crippen molar-refractivity contribution < 1.29 is 9.59 Å². The minimum Gasteiger partial charge on any atom is -0.366 e.